The minimum Gasteiger partial charge on any atom is -0.403 e. The molecule has 1 fully saturated rings. The summed E-state index contributed by atoms with van der Waals surface area (Å²) in [5.74, 6) is 0.610. The first kappa shape index (κ1) is 24.2. The predicted molar refractivity (Wildman–Crippen MR) is 140 cm³/mol. The molecule has 3 heteroatoms. The van der Waals surface area contributed by atoms with Crippen LogP contribution in [0.4, 0.5) is 0 Å². The van der Waals surface area contributed by atoms with Gasteiger partial charge in [-0.25, -0.2) is 0 Å². The molecule has 2 aliphatic carbocycles. The molecule has 0 aliphatic heterocycles. The Morgan fingerprint density at radius 2 is 1.55 bits per heavy atom. The fourth-order valence-corrected chi connectivity index (χ4v) is 11.5. The topological polar surface area (TPSA) is 26.3 Å². The molecule has 0 aromatic heterocycles. The zero-order chi connectivity index (χ0) is 23.9. The van der Waals surface area contributed by atoms with Crippen LogP contribution < -0.4 is 10.4 Å². The molecule has 2 aromatic rings. The van der Waals surface area contributed by atoms with Gasteiger partial charge in [0.25, 0.3) is 8.32 Å². The first-order chi connectivity index (χ1) is 15.6. The van der Waals surface area contributed by atoms with E-state index in [9.17, 15) is 4.79 Å². The maximum absolute atomic E-state index is 12.5. The van der Waals surface area contributed by atoms with Crippen molar-refractivity contribution in [1.82, 2.24) is 0 Å². The Morgan fingerprint density at radius 3 is 2.03 bits per heavy atom. The number of benzene rings is 2. The smallest absolute Gasteiger partial charge is 0.261 e. The van der Waals surface area contributed by atoms with E-state index in [0.29, 0.717) is 12.5 Å². The Kier molecular flexibility index (Phi) is 6.35. The summed E-state index contributed by atoms with van der Waals surface area (Å²) in [5.41, 5.74) is 1.06. The molecule has 0 bridgehead atoms. The van der Waals surface area contributed by atoms with Gasteiger partial charge in [0, 0.05) is 5.41 Å². The lowest BCUT2D eigenvalue weighted by molar-refractivity contribution is -0.123. The van der Waals surface area contributed by atoms with E-state index in [1.807, 2.05) is 0 Å². The highest BCUT2D eigenvalue weighted by molar-refractivity contribution is 6.99. The van der Waals surface area contributed by atoms with Crippen molar-refractivity contribution in [1.29, 1.82) is 0 Å². The quantitative estimate of drug-likeness (QED) is 0.293. The number of allylic oxidation sites excluding steroid dienone is 1. The van der Waals surface area contributed by atoms with Crippen LogP contribution in [-0.4, -0.2) is 21.2 Å². The van der Waals surface area contributed by atoms with Crippen LogP contribution in [0.15, 0.2) is 72.3 Å². The van der Waals surface area contributed by atoms with Crippen LogP contribution in [0.3, 0.4) is 0 Å². The first-order valence-corrected chi connectivity index (χ1v) is 14.4. The molecular formula is C30H40O2Si. The lowest BCUT2D eigenvalue weighted by Gasteiger charge is -2.50. The standard InChI is InChI=1S/C30H40O2Si/c1-23-24(20-29(5)19-13-18-27(29)30(23,6)22-31)21-32-33(28(2,3)4,25-14-9-7-10-15-25)26-16-11-8-12-17-26/h7-12,14-17,20,22-23,27H,13,18-19,21H2,1-6H3/t23-,27-,29+,30-/m1/s1. The minimum absolute atomic E-state index is 0.0536. The lowest BCUT2D eigenvalue weighted by atomic mass is 9.55. The van der Waals surface area contributed by atoms with Gasteiger partial charge in [0.05, 0.1) is 6.61 Å². The van der Waals surface area contributed by atoms with Gasteiger partial charge in [0.1, 0.15) is 6.29 Å². The number of fused-ring (bicyclic) bond motifs is 1. The van der Waals surface area contributed by atoms with Crippen molar-refractivity contribution in [2.75, 3.05) is 6.61 Å². The number of carbonyl (C=O) groups excluding carboxylic acids is 1. The summed E-state index contributed by atoms with van der Waals surface area (Å²) in [4.78, 5) is 12.5. The average Bonchev–Trinajstić information content (AvgIpc) is 3.20. The number of carbonyl (C=O) groups is 1. The normalized spacial score (nSPS) is 29.9. The highest BCUT2D eigenvalue weighted by Crippen LogP contribution is 2.59. The fourth-order valence-electron chi connectivity index (χ4n) is 6.94. The van der Waals surface area contributed by atoms with E-state index < -0.39 is 8.32 Å². The molecule has 2 aliphatic rings. The van der Waals surface area contributed by atoms with Crippen LogP contribution >= 0.6 is 0 Å². The van der Waals surface area contributed by atoms with Gasteiger partial charge in [-0.05, 0) is 51.1 Å². The zero-order valence-electron chi connectivity index (χ0n) is 21.2. The van der Waals surface area contributed by atoms with Gasteiger partial charge in [-0.1, -0.05) is 115 Å². The molecular weight excluding hydrogens is 420 g/mol. The van der Waals surface area contributed by atoms with Crippen LogP contribution in [0.25, 0.3) is 0 Å². The second kappa shape index (κ2) is 8.67. The summed E-state index contributed by atoms with van der Waals surface area (Å²) in [5, 5.41) is 2.55. The van der Waals surface area contributed by atoms with E-state index >= 15 is 0 Å². The molecule has 176 valence electrons. The fraction of sp³-hybridized carbons (Fsp3) is 0.500. The van der Waals surface area contributed by atoms with Crippen LogP contribution in [0.2, 0.25) is 5.04 Å². The van der Waals surface area contributed by atoms with Crippen molar-refractivity contribution in [2.24, 2.45) is 22.7 Å². The summed E-state index contributed by atoms with van der Waals surface area (Å²) >= 11 is 0. The SMILES string of the molecule is C[C@@H]1C(CO[Si](c2ccccc2)(c2ccccc2)C(C)(C)C)=C[C@]2(C)CCC[C@H]2[C@]1(C)C=O. The number of aldehydes is 1. The molecule has 33 heavy (non-hydrogen) atoms. The highest BCUT2D eigenvalue weighted by Gasteiger charge is 2.55. The van der Waals surface area contributed by atoms with Crippen molar-refractivity contribution in [2.45, 2.75) is 65.8 Å². The van der Waals surface area contributed by atoms with Gasteiger partial charge < -0.3 is 9.22 Å². The second-order valence-corrected chi connectivity index (χ2v) is 16.1. The summed E-state index contributed by atoms with van der Waals surface area (Å²) in [6.07, 6.45) is 7.27. The van der Waals surface area contributed by atoms with Crippen LogP contribution in [0.1, 0.15) is 60.8 Å². The van der Waals surface area contributed by atoms with Gasteiger partial charge in [-0.15, -0.1) is 0 Å². The Morgan fingerprint density at radius 1 is 1.00 bits per heavy atom. The molecule has 0 unspecified atom stereocenters. The second-order valence-electron chi connectivity index (χ2n) is 11.8. The molecule has 0 spiro atoms. The molecule has 2 nitrogen and oxygen atoms in total. The minimum atomic E-state index is -2.61. The Balaban J connectivity index is 1.80. The maximum atomic E-state index is 12.5. The maximum Gasteiger partial charge on any atom is 0.261 e. The van der Waals surface area contributed by atoms with Crippen LogP contribution in [-0.2, 0) is 9.22 Å². The highest BCUT2D eigenvalue weighted by atomic mass is 28.4. The van der Waals surface area contributed by atoms with E-state index in [1.54, 1.807) is 0 Å². The van der Waals surface area contributed by atoms with Crippen molar-refractivity contribution >= 4 is 25.0 Å². The largest absolute Gasteiger partial charge is 0.403 e. The molecule has 4 atom stereocenters. The van der Waals surface area contributed by atoms with Gasteiger partial charge in [0.15, 0.2) is 0 Å². The Bertz CT molecular complexity index is 967. The number of hydrogen-bond acceptors (Lipinski definition) is 2. The van der Waals surface area contributed by atoms with E-state index in [4.69, 9.17) is 4.43 Å². The average molecular weight is 461 g/mol. The van der Waals surface area contributed by atoms with Crippen molar-refractivity contribution in [3.05, 3.63) is 72.3 Å². The predicted octanol–water partition coefficient (Wildman–Crippen LogP) is 6.15. The molecule has 2 aromatic carbocycles. The zero-order valence-corrected chi connectivity index (χ0v) is 22.2. The van der Waals surface area contributed by atoms with Crippen molar-refractivity contribution in [3.63, 3.8) is 0 Å². The third kappa shape index (κ3) is 3.87. The third-order valence-corrected chi connectivity index (χ3v) is 13.9. The van der Waals surface area contributed by atoms with Crippen LogP contribution in [0, 0.1) is 22.7 Å². The van der Waals surface area contributed by atoms with Gasteiger partial charge in [0.2, 0.25) is 0 Å². The van der Waals surface area contributed by atoms with E-state index in [2.05, 4.69) is 108 Å². The van der Waals surface area contributed by atoms with Gasteiger partial charge >= 0.3 is 0 Å². The summed E-state index contributed by atoms with van der Waals surface area (Å²) in [6.45, 7) is 14.3. The summed E-state index contributed by atoms with van der Waals surface area (Å²) in [6, 6.07) is 21.7. The third-order valence-electron chi connectivity index (χ3n) is 8.89. The van der Waals surface area contributed by atoms with Gasteiger partial charge in [-0.3, -0.25) is 0 Å². The summed E-state index contributed by atoms with van der Waals surface area (Å²) in [7, 11) is -2.61. The molecule has 4 rings (SSSR count). The molecule has 0 saturated heterocycles. The Labute approximate surface area is 201 Å². The van der Waals surface area contributed by atoms with E-state index in [-0.39, 0.29) is 21.8 Å². The molecule has 0 N–H and O–H groups in total. The summed E-state index contributed by atoms with van der Waals surface area (Å²) < 4.78 is 7.26. The van der Waals surface area contributed by atoms with Gasteiger partial charge in [-0.2, -0.15) is 0 Å². The molecule has 1 saturated carbocycles. The van der Waals surface area contributed by atoms with E-state index in [1.165, 1.54) is 28.7 Å². The Hall–Kier alpha value is -1.97. The van der Waals surface area contributed by atoms with E-state index in [0.717, 1.165) is 12.8 Å². The number of rotatable bonds is 6. The molecule has 0 radical (unpaired) electrons. The molecule has 0 amide bonds. The lowest BCUT2D eigenvalue weighted by Crippen LogP contribution is -2.66. The monoisotopic (exact) mass is 460 g/mol. The number of hydrogen-bond donors (Lipinski definition) is 0. The first-order valence-electron chi connectivity index (χ1n) is 12.5. The van der Waals surface area contributed by atoms with Crippen molar-refractivity contribution in [3.8, 4) is 0 Å². The molecule has 0 heterocycles. The van der Waals surface area contributed by atoms with Crippen molar-refractivity contribution < 1.29 is 9.22 Å². The van der Waals surface area contributed by atoms with Crippen LogP contribution in [0.5, 0.6) is 0 Å².